The Labute approximate surface area is 127 Å². The first-order valence-electron chi connectivity index (χ1n) is 6.58. The van der Waals surface area contributed by atoms with E-state index < -0.39 is 5.91 Å². The zero-order valence-corrected chi connectivity index (χ0v) is 12.0. The summed E-state index contributed by atoms with van der Waals surface area (Å²) in [5, 5.41) is 22.5. The number of rotatable bonds is 5. The molecule has 0 unspecified atom stereocenters. The topological polar surface area (TPSA) is 91.2 Å². The molecule has 0 aromatic heterocycles. The Kier molecular flexibility index (Phi) is 4.98. The van der Waals surface area contributed by atoms with Gasteiger partial charge in [0.25, 0.3) is 5.91 Å². The average molecular weight is 300 g/mol. The number of hydrogen-bond donors (Lipinski definition) is 3. The summed E-state index contributed by atoms with van der Waals surface area (Å²) in [5.41, 5.74) is 3.67. The van der Waals surface area contributed by atoms with Crippen molar-refractivity contribution in [3.05, 3.63) is 53.6 Å². The second-order valence-electron chi connectivity index (χ2n) is 4.64. The first-order valence-corrected chi connectivity index (χ1v) is 6.58. The number of amides is 1. The first-order chi connectivity index (χ1) is 10.5. The monoisotopic (exact) mass is 300 g/mol. The van der Waals surface area contributed by atoms with Gasteiger partial charge in [0, 0.05) is 5.56 Å². The normalized spacial score (nSPS) is 10.6. The Balaban J connectivity index is 1.83. The minimum Gasteiger partial charge on any atom is -0.508 e. The lowest BCUT2D eigenvalue weighted by Gasteiger charge is -2.05. The quantitative estimate of drug-likeness (QED) is 0.447. The van der Waals surface area contributed by atoms with Crippen molar-refractivity contribution in [3.63, 3.8) is 0 Å². The third kappa shape index (κ3) is 4.52. The fourth-order valence-electron chi connectivity index (χ4n) is 1.63. The fraction of sp³-hybridized carbons (Fsp3) is 0.125. The highest BCUT2D eigenvalue weighted by molar-refractivity contribution is 5.85. The van der Waals surface area contributed by atoms with Crippen LogP contribution in [0, 0.1) is 6.92 Å². The number of phenolic OH excluding ortho intramolecular Hbond substituents is 2. The van der Waals surface area contributed by atoms with E-state index in [2.05, 4.69) is 10.5 Å². The molecule has 2 aromatic rings. The number of phenols is 2. The molecule has 2 rings (SSSR count). The molecule has 0 aliphatic rings. The summed E-state index contributed by atoms with van der Waals surface area (Å²) in [6.07, 6.45) is 1.23. The lowest BCUT2D eigenvalue weighted by molar-refractivity contribution is -0.123. The van der Waals surface area contributed by atoms with Crippen molar-refractivity contribution in [3.8, 4) is 17.2 Å². The van der Waals surface area contributed by atoms with Crippen LogP contribution in [0.4, 0.5) is 0 Å². The van der Waals surface area contributed by atoms with E-state index in [1.54, 1.807) is 12.1 Å². The number of aromatic hydroxyl groups is 2. The Hall–Kier alpha value is -3.02. The average Bonchev–Trinajstić information content (AvgIpc) is 2.50. The van der Waals surface area contributed by atoms with E-state index in [4.69, 9.17) is 4.74 Å². The minimum absolute atomic E-state index is 0.00622. The van der Waals surface area contributed by atoms with Gasteiger partial charge in [-0.1, -0.05) is 17.7 Å². The molecule has 3 N–H and O–H groups in total. The number of hydrazone groups is 1. The van der Waals surface area contributed by atoms with Gasteiger partial charge in [-0.05, 0) is 37.3 Å². The molecule has 1 amide bonds. The van der Waals surface area contributed by atoms with Gasteiger partial charge in [-0.15, -0.1) is 0 Å². The summed E-state index contributed by atoms with van der Waals surface area (Å²) in [6.45, 7) is 1.79. The van der Waals surface area contributed by atoms with E-state index >= 15 is 0 Å². The van der Waals surface area contributed by atoms with E-state index in [1.807, 2.05) is 19.1 Å². The second kappa shape index (κ2) is 7.12. The number of carbonyl (C=O) groups excluding carboxylic acids is 1. The summed E-state index contributed by atoms with van der Waals surface area (Å²) < 4.78 is 5.29. The Bertz CT molecular complexity index is 681. The molecule has 6 nitrogen and oxygen atoms in total. The molecule has 0 aliphatic carbocycles. The Morgan fingerprint density at radius 1 is 1.23 bits per heavy atom. The fourth-order valence-corrected chi connectivity index (χ4v) is 1.63. The molecule has 0 aliphatic heterocycles. The van der Waals surface area contributed by atoms with Gasteiger partial charge < -0.3 is 14.9 Å². The molecule has 0 atom stereocenters. The standard InChI is InChI=1S/C16H16N2O4/c1-11-2-5-14(6-3-11)22-10-16(21)18-17-9-12-8-13(19)4-7-15(12)20/h2-9,19-20H,10H2,1H3,(H,18,21). The van der Waals surface area contributed by atoms with Gasteiger partial charge in [0.05, 0.1) is 6.21 Å². The van der Waals surface area contributed by atoms with E-state index in [9.17, 15) is 15.0 Å². The van der Waals surface area contributed by atoms with Crippen LogP contribution >= 0.6 is 0 Å². The molecule has 22 heavy (non-hydrogen) atoms. The smallest absolute Gasteiger partial charge is 0.277 e. The molecule has 0 heterocycles. The maximum absolute atomic E-state index is 11.6. The highest BCUT2D eigenvalue weighted by atomic mass is 16.5. The van der Waals surface area contributed by atoms with Gasteiger partial charge in [-0.3, -0.25) is 4.79 Å². The molecule has 6 heteroatoms. The Morgan fingerprint density at radius 3 is 2.68 bits per heavy atom. The number of carbonyl (C=O) groups is 1. The predicted octanol–water partition coefficient (Wildman–Crippen LogP) is 1.94. The van der Waals surface area contributed by atoms with Crippen molar-refractivity contribution in [1.82, 2.24) is 5.43 Å². The van der Waals surface area contributed by atoms with Crippen LogP contribution in [-0.2, 0) is 4.79 Å². The van der Waals surface area contributed by atoms with Gasteiger partial charge in [0.1, 0.15) is 17.2 Å². The summed E-state index contributed by atoms with van der Waals surface area (Å²) in [7, 11) is 0. The lowest BCUT2D eigenvalue weighted by atomic mass is 10.2. The van der Waals surface area contributed by atoms with Crippen LogP contribution in [0.25, 0.3) is 0 Å². The van der Waals surface area contributed by atoms with Crippen LogP contribution in [0.2, 0.25) is 0 Å². The van der Waals surface area contributed by atoms with Crippen molar-refractivity contribution < 1.29 is 19.7 Å². The maximum atomic E-state index is 11.6. The van der Waals surface area contributed by atoms with E-state index in [-0.39, 0.29) is 18.1 Å². The van der Waals surface area contributed by atoms with Crippen LogP contribution in [0.15, 0.2) is 47.6 Å². The third-order valence-electron chi connectivity index (χ3n) is 2.79. The SMILES string of the molecule is Cc1ccc(OCC(=O)NN=Cc2cc(O)ccc2O)cc1. The summed E-state index contributed by atoms with van der Waals surface area (Å²) in [5.74, 6) is 0.104. The minimum atomic E-state index is -0.434. The van der Waals surface area contributed by atoms with Crippen molar-refractivity contribution >= 4 is 12.1 Å². The Morgan fingerprint density at radius 2 is 1.95 bits per heavy atom. The molecule has 2 aromatic carbocycles. The van der Waals surface area contributed by atoms with Gasteiger partial charge in [0.2, 0.25) is 0 Å². The van der Waals surface area contributed by atoms with Crippen molar-refractivity contribution in [2.45, 2.75) is 6.92 Å². The largest absolute Gasteiger partial charge is 0.508 e. The number of benzene rings is 2. The molecular formula is C16H16N2O4. The van der Waals surface area contributed by atoms with Gasteiger partial charge in [-0.2, -0.15) is 5.10 Å². The summed E-state index contributed by atoms with van der Waals surface area (Å²) in [4.78, 5) is 11.6. The molecular weight excluding hydrogens is 284 g/mol. The lowest BCUT2D eigenvalue weighted by Crippen LogP contribution is -2.24. The molecule has 114 valence electrons. The molecule has 0 saturated heterocycles. The van der Waals surface area contributed by atoms with Gasteiger partial charge in [-0.25, -0.2) is 5.43 Å². The zero-order chi connectivity index (χ0) is 15.9. The van der Waals surface area contributed by atoms with Crippen LogP contribution in [0.5, 0.6) is 17.2 Å². The maximum Gasteiger partial charge on any atom is 0.277 e. The molecule has 0 spiro atoms. The number of nitrogens with one attached hydrogen (secondary N) is 1. The van der Waals surface area contributed by atoms with Crippen LogP contribution < -0.4 is 10.2 Å². The molecule has 0 fully saturated rings. The highest BCUT2D eigenvalue weighted by Gasteiger charge is 2.02. The van der Waals surface area contributed by atoms with Gasteiger partial charge in [0.15, 0.2) is 6.61 Å². The van der Waals surface area contributed by atoms with Crippen LogP contribution in [0.1, 0.15) is 11.1 Å². The summed E-state index contributed by atoms with van der Waals surface area (Å²) >= 11 is 0. The van der Waals surface area contributed by atoms with E-state index in [0.717, 1.165) is 5.56 Å². The van der Waals surface area contributed by atoms with Crippen LogP contribution in [0.3, 0.4) is 0 Å². The third-order valence-corrected chi connectivity index (χ3v) is 2.79. The number of nitrogens with zero attached hydrogens (tertiary/aromatic N) is 1. The van der Waals surface area contributed by atoms with Crippen molar-refractivity contribution in [2.75, 3.05) is 6.61 Å². The van der Waals surface area contributed by atoms with Crippen LogP contribution in [-0.4, -0.2) is 28.9 Å². The molecule has 0 radical (unpaired) electrons. The van der Waals surface area contributed by atoms with E-state index in [0.29, 0.717) is 11.3 Å². The van der Waals surface area contributed by atoms with E-state index in [1.165, 1.54) is 24.4 Å². The highest BCUT2D eigenvalue weighted by Crippen LogP contribution is 2.19. The van der Waals surface area contributed by atoms with Crippen molar-refractivity contribution in [1.29, 1.82) is 0 Å². The second-order valence-corrected chi connectivity index (χ2v) is 4.64. The predicted molar refractivity (Wildman–Crippen MR) is 82.2 cm³/mol. The summed E-state index contributed by atoms with van der Waals surface area (Å²) in [6, 6.07) is 11.3. The molecule has 0 saturated carbocycles. The first kappa shape index (κ1) is 15.4. The zero-order valence-electron chi connectivity index (χ0n) is 12.0. The number of ether oxygens (including phenoxy) is 1. The van der Waals surface area contributed by atoms with Crippen molar-refractivity contribution in [2.24, 2.45) is 5.10 Å². The number of aryl methyl sites for hydroxylation is 1. The van der Waals surface area contributed by atoms with Gasteiger partial charge >= 0.3 is 0 Å². The molecule has 0 bridgehead atoms. The number of hydrogen-bond acceptors (Lipinski definition) is 5.